The minimum atomic E-state index is -0.0938. The second-order valence-electron chi connectivity index (χ2n) is 6.05. The molecule has 28 heavy (non-hydrogen) atoms. The number of nitrogens with two attached hydrogens (primary N) is 2. The Bertz CT molecular complexity index is 1150. The molecule has 0 aliphatic heterocycles. The van der Waals surface area contributed by atoms with Gasteiger partial charge in [0.15, 0.2) is 17.4 Å². The van der Waals surface area contributed by atoms with E-state index in [2.05, 4.69) is 11.1 Å². The number of rotatable bonds is 4. The van der Waals surface area contributed by atoms with Crippen molar-refractivity contribution in [2.45, 2.75) is 0 Å². The van der Waals surface area contributed by atoms with Crippen LogP contribution >= 0.6 is 24.8 Å². The van der Waals surface area contributed by atoms with Crippen LogP contribution < -0.4 is 11.5 Å². The Kier molecular flexibility index (Phi) is 6.18. The molecule has 0 amide bonds. The lowest BCUT2D eigenvalue weighted by Crippen LogP contribution is -2.10. The SMILES string of the molecule is Cl.Cl.N=C(N)c1ccc(-c2ccc3cc(-c4ccc(C(=N)N)o4)[nH]c3c2)cc1. The van der Waals surface area contributed by atoms with Crippen molar-refractivity contribution in [2.75, 3.05) is 0 Å². The second-order valence-corrected chi connectivity index (χ2v) is 6.05. The highest BCUT2D eigenvalue weighted by Crippen LogP contribution is 2.29. The van der Waals surface area contributed by atoms with Crippen molar-refractivity contribution in [3.8, 4) is 22.6 Å². The zero-order valence-electron chi connectivity index (χ0n) is 14.7. The molecule has 4 rings (SSSR count). The van der Waals surface area contributed by atoms with Crippen molar-refractivity contribution in [3.63, 3.8) is 0 Å². The molecular weight excluding hydrogens is 397 g/mol. The summed E-state index contributed by atoms with van der Waals surface area (Å²) in [7, 11) is 0. The molecule has 0 aliphatic carbocycles. The average molecular weight is 416 g/mol. The van der Waals surface area contributed by atoms with Crippen molar-refractivity contribution in [3.05, 3.63) is 72.0 Å². The molecule has 144 valence electrons. The molecule has 7 N–H and O–H groups in total. The predicted molar refractivity (Wildman–Crippen MR) is 118 cm³/mol. The molecule has 0 atom stereocenters. The van der Waals surface area contributed by atoms with Gasteiger partial charge in [0.2, 0.25) is 0 Å². The van der Waals surface area contributed by atoms with Crippen LogP contribution in [0.3, 0.4) is 0 Å². The molecule has 0 bridgehead atoms. The van der Waals surface area contributed by atoms with Gasteiger partial charge in [-0.15, -0.1) is 24.8 Å². The Morgan fingerprint density at radius 1 is 0.786 bits per heavy atom. The number of nitrogens with one attached hydrogen (secondary N) is 3. The Morgan fingerprint density at radius 3 is 2.07 bits per heavy atom. The largest absolute Gasteiger partial charge is 0.451 e. The Balaban J connectivity index is 0.00000140. The molecule has 2 aromatic carbocycles. The predicted octanol–water partition coefficient (Wildman–Crippen LogP) is 4.51. The van der Waals surface area contributed by atoms with E-state index in [1.165, 1.54) is 0 Å². The number of hydrogen-bond acceptors (Lipinski definition) is 3. The van der Waals surface area contributed by atoms with Crippen LogP contribution in [0.4, 0.5) is 0 Å². The fourth-order valence-electron chi connectivity index (χ4n) is 2.91. The van der Waals surface area contributed by atoms with Gasteiger partial charge in [0.05, 0.1) is 5.69 Å². The lowest BCUT2D eigenvalue weighted by atomic mass is 10.0. The topological polar surface area (TPSA) is 129 Å². The first-order valence-electron chi connectivity index (χ1n) is 8.03. The van der Waals surface area contributed by atoms with Gasteiger partial charge in [-0.3, -0.25) is 10.8 Å². The average Bonchev–Trinajstić information content (AvgIpc) is 3.28. The Morgan fingerprint density at radius 2 is 1.46 bits per heavy atom. The maximum Gasteiger partial charge on any atom is 0.169 e. The lowest BCUT2D eigenvalue weighted by Gasteiger charge is -2.04. The van der Waals surface area contributed by atoms with Crippen molar-refractivity contribution in [1.29, 1.82) is 10.8 Å². The summed E-state index contributed by atoms with van der Waals surface area (Å²) in [4.78, 5) is 3.34. The molecule has 0 saturated carbocycles. The molecule has 2 aromatic heterocycles. The molecule has 2 heterocycles. The molecule has 0 saturated heterocycles. The van der Waals surface area contributed by atoms with Gasteiger partial charge >= 0.3 is 0 Å². The maximum atomic E-state index is 7.47. The first kappa shape index (κ1) is 21.1. The molecule has 0 aliphatic rings. The van der Waals surface area contributed by atoms with Crippen LogP contribution in [-0.4, -0.2) is 16.7 Å². The third-order valence-corrected chi connectivity index (χ3v) is 4.29. The summed E-state index contributed by atoms with van der Waals surface area (Å²) < 4.78 is 5.60. The van der Waals surface area contributed by atoms with Gasteiger partial charge < -0.3 is 20.9 Å². The van der Waals surface area contributed by atoms with Gasteiger partial charge in [-0.05, 0) is 35.4 Å². The summed E-state index contributed by atoms with van der Waals surface area (Å²) in [6, 6.07) is 19.2. The zero-order valence-corrected chi connectivity index (χ0v) is 16.3. The number of nitrogen functional groups attached to an aromatic ring is 2. The van der Waals surface area contributed by atoms with E-state index in [9.17, 15) is 0 Å². The third-order valence-electron chi connectivity index (χ3n) is 4.29. The van der Waals surface area contributed by atoms with Gasteiger partial charge in [0.1, 0.15) is 5.84 Å². The van der Waals surface area contributed by atoms with Crippen molar-refractivity contribution >= 4 is 47.4 Å². The number of hydrogen-bond donors (Lipinski definition) is 5. The molecular formula is C20H19Cl2N5O. The second kappa shape index (κ2) is 8.21. The molecule has 0 radical (unpaired) electrons. The Labute approximate surface area is 173 Å². The monoisotopic (exact) mass is 415 g/mol. The van der Waals surface area contributed by atoms with Crippen LogP contribution in [0.25, 0.3) is 33.5 Å². The highest BCUT2D eigenvalue weighted by molar-refractivity contribution is 5.96. The minimum Gasteiger partial charge on any atom is -0.451 e. The molecule has 0 fully saturated rings. The third kappa shape index (κ3) is 3.88. The van der Waals surface area contributed by atoms with E-state index in [-0.39, 0.29) is 36.5 Å². The van der Waals surface area contributed by atoms with E-state index in [1.54, 1.807) is 12.1 Å². The Hall–Kier alpha value is -3.22. The molecule has 0 spiro atoms. The highest BCUT2D eigenvalue weighted by atomic mass is 35.5. The summed E-state index contributed by atoms with van der Waals surface area (Å²) in [5.74, 6) is 0.955. The summed E-state index contributed by atoms with van der Waals surface area (Å²) in [5.41, 5.74) is 15.6. The van der Waals surface area contributed by atoms with Crippen LogP contribution in [0.5, 0.6) is 0 Å². The van der Waals surface area contributed by atoms with Crippen LogP contribution in [-0.2, 0) is 0 Å². The smallest absolute Gasteiger partial charge is 0.169 e. The number of furan rings is 1. The quantitative estimate of drug-likeness (QED) is 0.248. The number of aromatic amines is 1. The van der Waals surface area contributed by atoms with Gasteiger partial charge in [-0.2, -0.15) is 0 Å². The van der Waals surface area contributed by atoms with E-state index in [1.807, 2.05) is 42.5 Å². The van der Waals surface area contributed by atoms with Gasteiger partial charge in [0, 0.05) is 16.5 Å². The van der Waals surface area contributed by atoms with Crippen LogP contribution in [0, 0.1) is 10.8 Å². The highest BCUT2D eigenvalue weighted by Gasteiger charge is 2.10. The lowest BCUT2D eigenvalue weighted by molar-refractivity contribution is 0.569. The van der Waals surface area contributed by atoms with Crippen molar-refractivity contribution in [2.24, 2.45) is 11.5 Å². The molecule has 4 aromatic rings. The fourth-order valence-corrected chi connectivity index (χ4v) is 2.91. The van der Waals surface area contributed by atoms with Gasteiger partial charge in [0.25, 0.3) is 0 Å². The standard InChI is InChI=1S/C20H17N5O.2ClH/c21-19(22)12-3-1-11(2-4-12)13-5-6-14-10-16(25-15(14)9-13)17-7-8-18(26-17)20(23)24;;/h1-10,25H,(H3,21,22)(H3,23,24);2*1H. The van der Waals surface area contributed by atoms with E-state index in [0.717, 1.165) is 27.7 Å². The number of halogens is 2. The van der Waals surface area contributed by atoms with E-state index in [0.29, 0.717) is 17.1 Å². The number of fused-ring (bicyclic) bond motifs is 1. The number of H-pyrrole nitrogens is 1. The normalized spacial score (nSPS) is 10.1. The van der Waals surface area contributed by atoms with Crippen LogP contribution in [0.1, 0.15) is 11.3 Å². The maximum absolute atomic E-state index is 7.47. The van der Waals surface area contributed by atoms with Gasteiger partial charge in [-0.25, -0.2) is 0 Å². The number of amidine groups is 2. The zero-order chi connectivity index (χ0) is 18.3. The number of aromatic nitrogens is 1. The summed E-state index contributed by atoms with van der Waals surface area (Å²) in [5, 5.41) is 16.0. The molecule has 6 nitrogen and oxygen atoms in total. The van der Waals surface area contributed by atoms with Crippen LogP contribution in [0.15, 0.2) is 65.1 Å². The van der Waals surface area contributed by atoms with Gasteiger partial charge in [-0.1, -0.05) is 36.4 Å². The summed E-state index contributed by atoms with van der Waals surface area (Å²) in [6.07, 6.45) is 0. The number of benzene rings is 2. The minimum absolute atomic E-state index is 0. The van der Waals surface area contributed by atoms with E-state index < -0.39 is 0 Å². The van der Waals surface area contributed by atoms with E-state index >= 15 is 0 Å². The summed E-state index contributed by atoms with van der Waals surface area (Å²) in [6.45, 7) is 0. The fraction of sp³-hybridized carbons (Fsp3) is 0. The molecule has 8 heteroatoms. The first-order valence-corrected chi connectivity index (χ1v) is 8.03. The molecule has 0 unspecified atom stereocenters. The first-order chi connectivity index (χ1) is 12.5. The van der Waals surface area contributed by atoms with Crippen molar-refractivity contribution in [1.82, 2.24) is 4.98 Å². The van der Waals surface area contributed by atoms with Crippen molar-refractivity contribution < 1.29 is 4.42 Å². The summed E-state index contributed by atoms with van der Waals surface area (Å²) >= 11 is 0. The van der Waals surface area contributed by atoms with Crippen LogP contribution in [0.2, 0.25) is 0 Å². The van der Waals surface area contributed by atoms with E-state index in [4.69, 9.17) is 26.7 Å².